The Hall–Kier alpha value is -1.15. The van der Waals surface area contributed by atoms with Gasteiger partial charge in [0.15, 0.2) is 0 Å². The third-order valence-electron chi connectivity index (χ3n) is 3.80. The van der Waals surface area contributed by atoms with Gasteiger partial charge in [-0.25, -0.2) is 4.68 Å². The lowest BCUT2D eigenvalue weighted by atomic mass is 9.98. The highest BCUT2D eigenvalue weighted by Crippen LogP contribution is 2.33. The molecule has 0 spiro atoms. The van der Waals surface area contributed by atoms with Gasteiger partial charge in [0, 0.05) is 5.25 Å². The molecule has 7 nitrogen and oxygen atoms in total. The molecule has 0 radical (unpaired) electrons. The Balaban J connectivity index is 1.98. The van der Waals surface area contributed by atoms with Crippen molar-refractivity contribution in [1.82, 2.24) is 20.2 Å². The van der Waals surface area contributed by atoms with Crippen LogP contribution in [0.15, 0.2) is 5.16 Å². The van der Waals surface area contributed by atoms with Crippen LogP contribution >= 0.6 is 11.8 Å². The summed E-state index contributed by atoms with van der Waals surface area (Å²) in [4.78, 5) is 11.6. The van der Waals surface area contributed by atoms with Gasteiger partial charge in [0.1, 0.15) is 5.54 Å². The molecule has 2 atom stereocenters. The van der Waals surface area contributed by atoms with E-state index in [-0.39, 0.29) is 5.25 Å². The summed E-state index contributed by atoms with van der Waals surface area (Å²) >= 11 is 1.56. The maximum absolute atomic E-state index is 11.6. The number of nitrogens with zero attached hydrogens (tertiary/aromatic N) is 4. The van der Waals surface area contributed by atoms with E-state index in [4.69, 9.17) is 10.5 Å². The van der Waals surface area contributed by atoms with Crippen molar-refractivity contribution < 1.29 is 9.53 Å². The van der Waals surface area contributed by atoms with Crippen LogP contribution in [0.5, 0.6) is 0 Å². The predicted octanol–water partition coefficient (Wildman–Crippen LogP) is 1.55. The molecule has 1 aliphatic carbocycles. The first-order chi connectivity index (χ1) is 9.94. The molecule has 1 aliphatic rings. The number of hydrogen-bond acceptors (Lipinski definition) is 7. The molecule has 0 amide bonds. The Morgan fingerprint density at radius 2 is 2.24 bits per heavy atom. The zero-order valence-electron chi connectivity index (χ0n) is 12.8. The number of rotatable bonds is 6. The van der Waals surface area contributed by atoms with Gasteiger partial charge in [0.2, 0.25) is 5.16 Å². The molecule has 0 aromatic carbocycles. The second kappa shape index (κ2) is 6.74. The number of ether oxygens (including phenoxy) is 1. The molecule has 118 valence electrons. The smallest absolute Gasteiger partial charge is 0.325 e. The molecule has 1 aromatic rings. The highest BCUT2D eigenvalue weighted by Gasteiger charge is 2.32. The van der Waals surface area contributed by atoms with E-state index in [1.54, 1.807) is 18.7 Å². The van der Waals surface area contributed by atoms with E-state index >= 15 is 0 Å². The standard InChI is InChI=1S/C13H23N5O2S/c1-9(8-13(2,14)11(19)20-3)21-12-15-16-17-18(12)10-6-4-5-7-10/h9-10H,4-8,14H2,1-3H3. The molecular formula is C13H23N5O2S. The van der Waals surface area contributed by atoms with Gasteiger partial charge in [0.05, 0.1) is 13.2 Å². The summed E-state index contributed by atoms with van der Waals surface area (Å²) in [7, 11) is 1.35. The van der Waals surface area contributed by atoms with Crippen LogP contribution in [0.4, 0.5) is 0 Å². The molecule has 0 bridgehead atoms. The Bertz CT molecular complexity index is 485. The average molecular weight is 313 g/mol. The molecule has 0 aliphatic heterocycles. The summed E-state index contributed by atoms with van der Waals surface area (Å²) in [5, 5.41) is 12.9. The molecular weight excluding hydrogens is 290 g/mol. The van der Waals surface area contributed by atoms with Crippen molar-refractivity contribution in [3.05, 3.63) is 0 Å². The van der Waals surface area contributed by atoms with Crippen molar-refractivity contribution in [3.8, 4) is 0 Å². The Morgan fingerprint density at radius 1 is 1.57 bits per heavy atom. The van der Waals surface area contributed by atoms with Crippen LogP contribution in [0.1, 0.15) is 52.0 Å². The minimum atomic E-state index is -0.993. The molecule has 1 heterocycles. The number of carbonyl (C=O) groups is 1. The molecule has 0 saturated heterocycles. The Morgan fingerprint density at radius 3 is 2.86 bits per heavy atom. The van der Waals surface area contributed by atoms with E-state index in [1.807, 2.05) is 11.6 Å². The van der Waals surface area contributed by atoms with E-state index in [0.29, 0.717) is 12.5 Å². The minimum absolute atomic E-state index is 0.116. The second-order valence-electron chi connectivity index (χ2n) is 5.89. The van der Waals surface area contributed by atoms with Crippen LogP contribution < -0.4 is 5.73 Å². The van der Waals surface area contributed by atoms with Crippen LogP contribution in [-0.4, -0.2) is 44.1 Å². The van der Waals surface area contributed by atoms with Crippen LogP contribution in [0.25, 0.3) is 0 Å². The third kappa shape index (κ3) is 3.94. The molecule has 1 fully saturated rings. The molecule has 2 rings (SSSR count). The summed E-state index contributed by atoms with van der Waals surface area (Å²) in [5.74, 6) is -0.398. The van der Waals surface area contributed by atoms with Gasteiger partial charge >= 0.3 is 5.97 Å². The van der Waals surface area contributed by atoms with Gasteiger partial charge in [-0.1, -0.05) is 31.5 Å². The summed E-state index contributed by atoms with van der Waals surface area (Å²) in [5.41, 5.74) is 5.02. The lowest BCUT2D eigenvalue weighted by molar-refractivity contribution is -0.146. The number of nitrogens with two attached hydrogens (primary N) is 1. The molecule has 2 N–H and O–H groups in total. The van der Waals surface area contributed by atoms with E-state index in [2.05, 4.69) is 15.5 Å². The second-order valence-corrected chi connectivity index (χ2v) is 7.29. The number of carbonyl (C=O) groups excluding carboxylic acids is 1. The minimum Gasteiger partial charge on any atom is -0.468 e. The quantitative estimate of drug-likeness (QED) is 0.628. The highest BCUT2D eigenvalue weighted by atomic mass is 32.2. The average Bonchev–Trinajstić information content (AvgIpc) is 3.07. The maximum atomic E-state index is 11.6. The zero-order valence-corrected chi connectivity index (χ0v) is 13.6. The van der Waals surface area contributed by atoms with E-state index in [9.17, 15) is 4.79 Å². The summed E-state index contributed by atoms with van der Waals surface area (Å²) in [6.07, 6.45) is 5.22. The first-order valence-corrected chi connectivity index (χ1v) is 8.14. The Kier molecular flexibility index (Phi) is 5.21. The van der Waals surface area contributed by atoms with Crippen molar-refractivity contribution in [2.75, 3.05) is 7.11 Å². The van der Waals surface area contributed by atoms with E-state index in [0.717, 1.165) is 18.0 Å². The van der Waals surface area contributed by atoms with Gasteiger partial charge in [-0.15, -0.1) is 5.10 Å². The van der Waals surface area contributed by atoms with E-state index in [1.165, 1.54) is 20.0 Å². The first-order valence-electron chi connectivity index (χ1n) is 7.26. The van der Waals surface area contributed by atoms with Crippen LogP contribution in [0.2, 0.25) is 0 Å². The Labute approximate surface area is 129 Å². The van der Waals surface area contributed by atoms with Crippen molar-refractivity contribution >= 4 is 17.7 Å². The SMILES string of the molecule is COC(=O)C(C)(N)CC(C)Sc1nnnn1C1CCCC1. The molecule has 21 heavy (non-hydrogen) atoms. The third-order valence-corrected chi connectivity index (χ3v) is 4.85. The zero-order chi connectivity index (χ0) is 15.5. The fraction of sp³-hybridized carbons (Fsp3) is 0.846. The van der Waals surface area contributed by atoms with Crippen LogP contribution in [-0.2, 0) is 9.53 Å². The molecule has 8 heteroatoms. The topological polar surface area (TPSA) is 95.9 Å². The molecule has 2 unspecified atom stereocenters. The monoisotopic (exact) mass is 313 g/mol. The number of hydrogen-bond donors (Lipinski definition) is 1. The number of methoxy groups -OCH3 is 1. The van der Waals surface area contributed by atoms with Crippen molar-refractivity contribution in [2.45, 2.75) is 67.9 Å². The van der Waals surface area contributed by atoms with Crippen molar-refractivity contribution in [1.29, 1.82) is 0 Å². The van der Waals surface area contributed by atoms with Gasteiger partial charge in [-0.3, -0.25) is 4.79 Å². The summed E-state index contributed by atoms with van der Waals surface area (Å²) in [6, 6.07) is 0.402. The van der Waals surface area contributed by atoms with Crippen LogP contribution in [0.3, 0.4) is 0 Å². The largest absolute Gasteiger partial charge is 0.468 e. The highest BCUT2D eigenvalue weighted by molar-refractivity contribution is 7.99. The van der Waals surface area contributed by atoms with Gasteiger partial charge < -0.3 is 10.5 Å². The van der Waals surface area contributed by atoms with Gasteiger partial charge in [-0.2, -0.15) is 0 Å². The maximum Gasteiger partial charge on any atom is 0.325 e. The van der Waals surface area contributed by atoms with Gasteiger partial charge in [0.25, 0.3) is 0 Å². The first kappa shape index (κ1) is 16.2. The fourth-order valence-corrected chi connectivity index (χ4v) is 3.94. The lowest BCUT2D eigenvalue weighted by Gasteiger charge is -2.24. The predicted molar refractivity (Wildman–Crippen MR) is 79.9 cm³/mol. The normalized spacial score (nSPS) is 20.2. The van der Waals surface area contributed by atoms with Crippen molar-refractivity contribution in [3.63, 3.8) is 0 Å². The van der Waals surface area contributed by atoms with Crippen molar-refractivity contribution in [2.24, 2.45) is 5.73 Å². The molecule has 1 saturated carbocycles. The number of esters is 1. The molecule has 1 aromatic heterocycles. The van der Waals surface area contributed by atoms with Crippen LogP contribution in [0, 0.1) is 0 Å². The number of thioether (sulfide) groups is 1. The summed E-state index contributed by atoms with van der Waals surface area (Å²) < 4.78 is 6.65. The number of tetrazole rings is 1. The summed E-state index contributed by atoms with van der Waals surface area (Å²) in [6.45, 7) is 3.71. The van der Waals surface area contributed by atoms with E-state index < -0.39 is 11.5 Å². The number of aromatic nitrogens is 4. The van der Waals surface area contributed by atoms with Gasteiger partial charge in [-0.05, 0) is 36.6 Å². The fourth-order valence-electron chi connectivity index (χ4n) is 2.78. The lowest BCUT2D eigenvalue weighted by Crippen LogP contribution is -2.47.